The van der Waals surface area contributed by atoms with Gasteiger partial charge < -0.3 is 9.72 Å². The van der Waals surface area contributed by atoms with Crippen LogP contribution < -0.4 is 10.3 Å². The third-order valence-corrected chi connectivity index (χ3v) is 5.88. The van der Waals surface area contributed by atoms with Gasteiger partial charge in [0.15, 0.2) is 5.65 Å². The summed E-state index contributed by atoms with van der Waals surface area (Å²) in [5.74, 6) is 1.10. The highest BCUT2D eigenvalue weighted by atomic mass is 35.5. The van der Waals surface area contributed by atoms with E-state index in [1.54, 1.807) is 10.8 Å². The van der Waals surface area contributed by atoms with Crippen molar-refractivity contribution in [2.45, 2.75) is 19.8 Å². The fourth-order valence-corrected chi connectivity index (χ4v) is 4.43. The van der Waals surface area contributed by atoms with E-state index in [1.165, 1.54) is 0 Å². The summed E-state index contributed by atoms with van der Waals surface area (Å²) in [6.07, 6.45) is 1.58. The van der Waals surface area contributed by atoms with Crippen LogP contribution in [0.1, 0.15) is 34.0 Å². The van der Waals surface area contributed by atoms with E-state index in [0.29, 0.717) is 39.3 Å². The van der Waals surface area contributed by atoms with Gasteiger partial charge in [-0.1, -0.05) is 29.8 Å². The third-order valence-electron chi connectivity index (χ3n) is 5.63. The first kappa shape index (κ1) is 18.1. The Balaban J connectivity index is 1.75. The molecule has 0 saturated heterocycles. The Labute approximate surface area is 181 Å². The lowest BCUT2D eigenvalue weighted by molar-refractivity contribution is 0.435. The first-order valence-corrected chi connectivity index (χ1v) is 10.2. The number of hydrogen-bond acceptors (Lipinski definition) is 5. The number of fused-ring (bicyclic) bond motifs is 6. The van der Waals surface area contributed by atoms with Crippen molar-refractivity contribution in [2.24, 2.45) is 0 Å². The molecule has 1 aliphatic rings. The summed E-state index contributed by atoms with van der Waals surface area (Å²) >= 11 is 6.14. The van der Waals surface area contributed by atoms with E-state index in [0.717, 1.165) is 22.0 Å². The Hall–Kier alpha value is -3.71. The fraction of sp³-hybridized carbons (Fsp3) is 0.130. The van der Waals surface area contributed by atoms with Crippen molar-refractivity contribution in [2.75, 3.05) is 0 Å². The third kappa shape index (κ3) is 2.67. The van der Waals surface area contributed by atoms with Crippen molar-refractivity contribution >= 4 is 28.2 Å². The monoisotopic (exact) mass is 429 g/mol. The summed E-state index contributed by atoms with van der Waals surface area (Å²) < 4.78 is 7.88. The number of aromatic amines is 1. The molecular formula is C23H16ClN5O2. The van der Waals surface area contributed by atoms with E-state index in [2.05, 4.69) is 20.1 Å². The number of halogens is 1. The lowest BCUT2D eigenvalue weighted by atomic mass is 9.84. The Morgan fingerprint density at radius 2 is 1.90 bits per heavy atom. The molecule has 7 nitrogen and oxygen atoms in total. The largest absolute Gasteiger partial charge is 0.437 e. The number of nitrogens with one attached hydrogen (secondary N) is 1. The van der Waals surface area contributed by atoms with Crippen LogP contribution in [0.5, 0.6) is 11.6 Å². The van der Waals surface area contributed by atoms with Crippen molar-refractivity contribution in [3.63, 3.8) is 0 Å². The zero-order chi connectivity index (χ0) is 21.3. The second-order valence-corrected chi connectivity index (χ2v) is 8.16. The zero-order valence-corrected chi connectivity index (χ0v) is 17.4. The molecule has 6 rings (SSSR count). The standard InChI is InChI=1S/C23H16ClN5O2/c1-11-3-8-15-16(9-11)27-22(30)18-17(13-4-6-14(24)7-5-13)19-21-26-12(2)28-29(21)10-25-23(19)31-20(15)18/h3-10,17H,1-2H3,(H,27,30). The van der Waals surface area contributed by atoms with E-state index in [9.17, 15) is 4.79 Å². The van der Waals surface area contributed by atoms with Gasteiger partial charge in [0.2, 0.25) is 5.88 Å². The average molecular weight is 430 g/mol. The summed E-state index contributed by atoms with van der Waals surface area (Å²) in [5, 5.41) is 5.82. The molecule has 0 radical (unpaired) electrons. The molecule has 1 unspecified atom stereocenters. The molecule has 3 aromatic heterocycles. The second kappa shape index (κ2) is 6.39. The number of rotatable bonds is 1. The summed E-state index contributed by atoms with van der Waals surface area (Å²) in [5.41, 5.74) is 4.28. The van der Waals surface area contributed by atoms with Gasteiger partial charge >= 0.3 is 0 Å². The number of hydrogen-bond donors (Lipinski definition) is 1. The molecule has 152 valence electrons. The minimum absolute atomic E-state index is 0.211. The predicted octanol–water partition coefficient (Wildman–Crippen LogP) is 4.52. The lowest BCUT2D eigenvalue weighted by Gasteiger charge is -2.28. The topological polar surface area (TPSA) is 85.2 Å². The highest BCUT2D eigenvalue weighted by Gasteiger charge is 2.36. The number of aryl methyl sites for hydroxylation is 2. The summed E-state index contributed by atoms with van der Waals surface area (Å²) in [7, 11) is 0. The Kier molecular flexibility index (Phi) is 3.73. The van der Waals surface area contributed by atoms with Gasteiger partial charge in [0, 0.05) is 10.4 Å². The predicted molar refractivity (Wildman–Crippen MR) is 117 cm³/mol. The van der Waals surface area contributed by atoms with Crippen LogP contribution in [0.25, 0.3) is 16.6 Å². The first-order chi connectivity index (χ1) is 15.0. The van der Waals surface area contributed by atoms with Crippen LogP contribution in [0.3, 0.4) is 0 Å². The molecule has 1 atom stereocenters. The molecular weight excluding hydrogens is 414 g/mol. The van der Waals surface area contributed by atoms with E-state index in [1.807, 2.05) is 56.3 Å². The van der Waals surface area contributed by atoms with E-state index >= 15 is 0 Å². The van der Waals surface area contributed by atoms with Crippen LogP contribution in [-0.2, 0) is 0 Å². The van der Waals surface area contributed by atoms with Crippen molar-refractivity contribution in [1.29, 1.82) is 0 Å². The molecule has 8 heteroatoms. The van der Waals surface area contributed by atoms with Crippen molar-refractivity contribution in [3.8, 4) is 11.6 Å². The van der Waals surface area contributed by atoms with Gasteiger partial charge in [0.1, 0.15) is 17.9 Å². The van der Waals surface area contributed by atoms with Crippen molar-refractivity contribution < 1.29 is 4.74 Å². The highest BCUT2D eigenvalue weighted by molar-refractivity contribution is 6.30. The Morgan fingerprint density at radius 3 is 2.71 bits per heavy atom. The van der Waals surface area contributed by atoms with Gasteiger partial charge in [0.05, 0.1) is 22.6 Å². The molecule has 0 fully saturated rings. The SMILES string of the molecule is Cc1ccc2c3c(c(=O)[nH]c2c1)C(c1ccc(Cl)cc1)c1c(ncn2nc(C)nc12)O3. The van der Waals surface area contributed by atoms with Crippen LogP contribution in [0.4, 0.5) is 0 Å². The molecule has 4 heterocycles. The fourth-order valence-electron chi connectivity index (χ4n) is 4.30. The maximum atomic E-state index is 13.4. The average Bonchev–Trinajstić information content (AvgIpc) is 3.13. The van der Waals surface area contributed by atoms with Crippen LogP contribution in [0.2, 0.25) is 5.02 Å². The van der Waals surface area contributed by atoms with E-state index in [-0.39, 0.29) is 5.56 Å². The molecule has 31 heavy (non-hydrogen) atoms. The van der Waals surface area contributed by atoms with Gasteiger partial charge in [-0.15, -0.1) is 0 Å². The van der Waals surface area contributed by atoms with Crippen molar-refractivity contribution in [1.82, 2.24) is 24.6 Å². The van der Waals surface area contributed by atoms with Crippen LogP contribution in [0.15, 0.2) is 53.6 Å². The highest BCUT2D eigenvalue weighted by Crippen LogP contribution is 2.48. The van der Waals surface area contributed by atoms with Crippen molar-refractivity contribution in [3.05, 3.63) is 92.2 Å². The van der Waals surface area contributed by atoms with Crippen LogP contribution >= 0.6 is 11.6 Å². The lowest BCUT2D eigenvalue weighted by Crippen LogP contribution is -2.24. The molecule has 0 spiro atoms. The summed E-state index contributed by atoms with van der Waals surface area (Å²) in [4.78, 5) is 25.5. The normalized spacial score (nSPS) is 15.0. The molecule has 0 saturated carbocycles. The molecule has 1 aliphatic heterocycles. The summed E-state index contributed by atoms with van der Waals surface area (Å²) in [6.45, 7) is 3.80. The number of nitrogens with zero attached hydrogens (tertiary/aromatic N) is 4. The van der Waals surface area contributed by atoms with Crippen LogP contribution in [0, 0.1) is 13.8 Å². The quantitative estimate of drug-likeness (QED) is 0.415. The van der Waals surface area contributed by atoms with Crippen LogP contribution in [-0.4, -0.2) is 24.6 Å². The van der Waals surface area contributed by atoms with Gasteiger partial charge in [0.25, 0.3) is 5.56 Å². The maximum Gasteiger partial charge on any atom is 0.256 e. The van der Waals surface area contributed by atoms with Gasteiger partial charge in [-0.25, -0.2) is 14.5 Å². The number of benzene rings is 2. The van der Waals surface area contributed by atoms with E-state index in [4.69, 9.17) is 16.3 Å². The molecule has 5 aromatic rings. The number of pyridine rings is 1. The molecule has 1 N–H and O–H groups in total. The summed E-state index contributed by atoms with van der Waals surface area (Å²) in [6, 6.07) is 13.3. The molecule has 2 aromatic carbocycles. The smallest absolute Gasteiger partial charge is 0.256 e. The Morgan fingerprint density at radius 1 is 1.10 bits per heavy atom. The number of ether oxygens (including phenoxy) is 1. The minimum atomic E-state index is -0.440. The van der Waals surface area contributed by atoms with Gasteiger partial charge in [-0.05, 0) is 49.2 Å². The molecule has 0 aliphatic carbocycles. The molecule has 0 amide bonds. The number of H-pyrrole nitrogens is 1. The minimum Gasteiger partial charge on any atom is -0.437 e. The first-order valence-electron chi connectivity index (χ1n) is 9.81. The van der Waals surface area contributed by atoms with Gasteiger partial charge in [-0.3, -0.25) is 4.79 Å². The number of aromatic nitrogens is 5. The molecule has 0 bridgehead atoms. The van der Waals surface area contributed by atoms with E-state index < -0.39 is 5.92 Å². The zero-order valence-electron chi connectivity index (χ0n) is 16.7. The Bertz CT molecular complexity index is 1570. The maximum absolute atomic E-state index is 13.4. The van der Waals surface area contributed by atoms with Gasteiger partial charge in [-0.2, -0.15) is 5.10 Å². The second-order valence-electron chi connectivity index (χ2n) is 7.72.